The third kappa shape index (κ3) is 9.31. The molecule has 14 heteroatoms. The Morgan fingerprint density at radius 2 is 0.562 bits per heavy atom. The van der Waals surface area contributed by atoms with Crippen molar-refractivity contribution in [3.63, 3.8) is 0 Å². The molecule has 0 aromatic heterocycles. The van der Waals surface area contributed by atoms with E-state index in [4.69, 9.17) is 0 Å². The Balaban J connectivity index is 0. The van der Waals surface area contributed by atoms with Crippen molar-refractivity contribution in [2.75, 3.05) is 0 Å². The first-order chi connectivity index (χ1) is 6.50. The predicted octanol–water partition coefficient (Wildman–Crippen LogP) is 5.49. The maximum absolute atomic E-state index is 11.2. The van der Waals surface area contributed by atoms with E-state index in [9.17, 15) is 26.3 Å². The first-order valence-electron chi connectivity index (χ1n) is 2.47. The molecule has 16 heavy (non-hydrogen) atoms. The first kappa shape index (κ1) is 20.7. The van der Waals surface area contributed by atoms with Crippen molar-refractivity contribution in [2.24, 2.45) is 0 Å². The molecule has 104 valence electrons. The molecule has 0 saturated carbocycles. The molecule has 0 aromatic carbocycles. The molecule has 0 heterocycles. The summed E-state index contributed by atoms with van der Waals surface area (Å²) in [7, 11) is 18.2. The van der Waals surface area contributed by atoms with Crippen LogP contribution in [-0.4, -0.2) is 30.4 Å². The van der Waals surface area contributed by atoms with E-state index in [-0.39, 0.29) is 0 Å². The van der Waals surface area contributed by atoms with E-state index in [1.54, 1.807) is 0 Å². The van der Waals surface area contributed by atoms with Crippen molar-refractivity contribution in [3.05, 3.63) is 0 Å². The van der Waals surface area contributed by atoms with Crippen LogP contribution in [0.25, 0.3) is 0 Å². The second-order valence-corrected chi connectivity index (χ2v) is 26.4. The molecular weight excluding hydrogens is 509 g/mol. The summed E-state index contributed by atoms with van der Waals surface area (Å²) in [4.78, 5) is 0. The molecule has 0 N–H and O–H groups in total. The summed E-state index contributed by atoms with van der Waals surface area (Å²) in [5.41, 5.74) is 0. The fraction of sp³-hybridized carbons (Fsp3) is 1.00. The molecule has 0 fully saturated rings. The number of halogens is 12. The van der Waals surface area contributed by atoms with E-state index in [0.717, 1.165) is 0 Å². The fourth-order valence-corrected chi connectivity index (χ4v) is 0. The second kappa shape index (κ2) is 6.69. The van der Waals surface area contributed by atoms with Crippen molar-refractivity contribution in [1.82, 2.24) is 0 Å². The van der Waals surface area contributed by atoms with E-state index in [0.29, 0.717) is 0 Å². The fourth-order valence-electron chi connectivity index (χ4n) is 0. The van der Waals surface area contributed by atoms with E-state index < -0.39 is 30.4 Å². The van der Waals surface area contributed by atoms with Gasteiger partial charge >= 0.3 is 117 Å². The van der Waals surface area contributed by atoms with E-state index in [1.807, 2.05) is 0 Å². The van der Waals surface area contributed by atoms with Gasteiger partial charge in [0.15, 0.2) is 0 Å². The number of alkyl halides is 6. The summed E-state index contributed by atoms with van der Waals surface area (Å²) in [5, 5.41) is -9.22. The predicted molar refractivity (Wildman–Crippen MR) is 58.7 cm³/mol. The molecule has 0 spiro atoms. The molecule has 0 aliphatic carbocycles. The summed E-state index contributed by atoms with van der Waals surface area (Å²) in [5.74, 6) is 0. The monoisotopic (exact) mass is 508 g/mol. The van der Waals surface area contributed by atoms with Gasteiger partial charge in [-0.1, -0.05) is 0 Å². The molecule has 0 aromatic rings. The average molecular weight is 509 g/mol. The van der Waals surface area contributed by atoms with Crippen LogP contribution in [0, 0.1) is 0 Å². The molecule has 0 rings (SSSR count). The van der Waals surface area contributed by atoms with Gasteiger partial charge in [-0.05, 0) is 0 Å². The van der Waals surface area contributed by atoms with Gasteiger partial charge in [0, 0.05) is 0 Å². The van der Waals surface area contributed by atoms with Gasteiger partial charge in [-0.2, -0.15) is 0 Å². The van der Waals surface area contributed by atoms with Crippen molar-refractivity contribution in [3.8, 4) is 0 Å². The van der Waals surface area contributed by atoms with Crippen LogP contribution in [0.15, 0.2) is 0 Å². The van der Waals surface area contributed by atoms with Crippen molar-refractivity contribution in [1.29, 1.82) is 0 Å². The Hall–Kier alpha value is 2.36. The first-order valence-corrected chi connectivity index (χ1v) is 17.7. The molecule has 0 unspecified atom stereocenters. The third-order valence-corrected chi connectivity index (χ3v) is 8.18. The Bertz CT molecular complexity index is 163. The van der Waals surface area contributed by atoms with Gasteiger partial charge in [0.25, 0.3) is 0 Å². The zero-order valence-corrected chi connectivity index (χ0v) is 14.3. The number of hydrogen-bond donors (Lipinski definition) is 0. The second-order valence-electron chi connectivity index (χ2n) is 1.70. The molecule has 0 saturated heterocycles. The standard InChI is InChI=1S/2CCl3F3Se/c2*2-8(3,4)1(5,6)7. The minimum atomic E-state index is -4.61. The molecule has 0 bridgehead atoms. The SMILES string of the molecule is FC(F)(F)[Se](Cl)(Cl)Cl.FC(F)(F)[Se](Cl)(Cl)Cl. The van der Waals surface area contributed by atoms with Crippen LogP contribution in [0.4, 0.5) is 26.3 Å². The van der Waals surface area contributed by atoms with E-state index in [2.05, 4.69) is 60.6 Å². The summed E-state index contributed by atoms with van der Waals surface area (Å²) in [6, 6.07) is 0. The summed E-state index contributed by atoms with van der Waals surface area (Å²) in [6.07, 6.45) is 0. The summed E-state index contributed by atoms with van der Waals surface area (Å²) < 4.78 is 67.4. The average Bonchev–Trinajstić information content (AvgIpc) is 1.77. The van der Waals surface area contributed by atoms with Gasteiger partial charge in [-0.3, -0.25) is 0 Å². The van der Waals surface area contributed by atoms with Crippen molar-refractivity contribution < 1.29 is 26.3 Å². The molecule has 0 amide bonds. The number of hydrogen-bond acceptors (Lipinski definition) is 0. The third-order valence-electron chi connectivity index (χ3n) is 0.525. The Kier molecular flexibility index (Phi) is 8.64. The Labute approximate surface area is 116 Å². The Morgan fingerprint density at radius 3 is 0.562 bits per heavy atom. The van der Waals surface area contributed by atoms with Gasteiger partial charge in [-0.15, -0.1) is 0 Å². The van der Waals surface area contributed by atoms with Crippen molar-refractivity contribution >= 4 is 80.8 Å². The van der Waals surface area contributed by atoms with Gasteiger partial charge < -0.3 is 0 Å². The van der Waals surface area contributed by atoms with Crippen LogP contribution in [0.2, 0.25) is 0 Å². The van der Waals surface area contributed by atoms with Gasteiger partial charge in [0.05, 0.1) is 0 Å². The van der Waals surface area contributed by atoms with Crippen LogP contribution < -0.4 is 0 Å². The van der Waals surface area contributed by atoms with Crippen LogP contribution in [-0.2, 0) is 0 Å². The van der Waals surface area contributed by atoms with Gasteiger partial charge in [0.1, 0.15) is 0 Å². The molecule has 0 atom stereocenters. The van der Waals surface area contributed by atoms with Crippen LogP contribution in [0.5, 0.6) is 0 Å². The van der Waals surface area contributed by atoms with E-state index >= 15 is 0 Å². The molecule has 0 radical (unpaired) electrons. The maximum atomic E-state index is 11.2. The molecule has 0 aliphatic heterocycles. The zero-order chi connectivity index (χ0) is 14.0. The normalized spacial score (nSPS) is 16.2. The van der Waals surface area contributed by atoms with Crippen molar-refractivity contribution in [2.45, 2.75) is 10.1 Å². The molecule has 0 nitrogen and oxygen atoms in total. The summed E-state index contributed by atoms with van der Waals surface area (Å²) >= 11 is 0. The van der Waals surface area contributed by atoms with Crippen LogP contribution in [0.3, 0.4) is 0 Å². The molecule has 0 aliphatic rings. The topological polar surface area (TPSA) is 0 Å². The Morgan fingerprint density at radius 1 is 0.500 bits per heavy atom. The van der Waals surface area contributed by atoms with Gasteiger partial charge in [-0.25, -0.2) is 0 Å². The van der Waals surface area contributed by atoms with E-state index in [1.165, 1.54) is 0 Å². The van der Waals surface area contributed by atoms with Crippen LogP contribution >= 0.6 is 60.6 Å². The number of rotatable bonds is 0. The van der Waals surface area contributed by atoms with Crippen LogP contribution in [0.1, 0.15) is 0 Å². The minimum absolute atomic E-state index is 4.57. The van der Waals surface area contributed by atoms with Gasteiger partial charge in [0.2, 0.25) is 0 Å². The summed E-state index contributed by atoms with van der Waals surface area (Å²) in [6.45, 7) is 0. The zero-order valence-electron chi connectivity index (χ0n) is 6.35. The molecular formula is C2Cl6F6Se2. The quantitative estimate of drug-likeness (QED) is 0.300.